The van der Waals surface area contributed by atoms with E-state index in [1.807, 2.05) is 0 Å². The zero-order chi connectivity index (χ0) is 11.5. The van der Waals surface area contributed by atoms with Crippen LogP contribution in [0.2, 0.25) is 0 Å². The maximum Gasteiger partial charge on any atom is 0.0711 e. The second-order valence-electron chi connectivity index (χ2n) is 4.65. The van der Waals surface area contributed by atoms with E-state index < -0.39 is 0 Å². The molecule has 88 valence electrons. The minimum atomic E-state index is 0.317. The zero-order valence-corrected chi connectivity index (χ0v) is 9.95. The number of rotatable bonds is 2. The maximum absolute atomic E-state index is 3.34. The first-order valence-electron chi connectivity index (χ1n) is 6.40. The zero-order valence-electron chi connectivity index (χ0n) is 9.95. The summed E-state index contributed by atoms with van der Waals surface area (Å²) in [5.41, 5.74) is 10.5. The van der Waals surface area contributed by atoms with Crippen molar-refractivity contribution in [1.29, 1.82) is 0 Å². The fraction of sp³-hybridized carbons (Fsp3) is 0.333. The molecule has 0 aromatic carbocycles. The van der Waals surface area contributed by atoms with Gasteiger partial charge in [-0.3, -0.25) is 0 Å². The average molecular weight is 226 g/mol. The number of hydrogen-bond acceptors (Lipinski definition) is 2. The summed E-state index contributed by atoms with van der Waals surface area (Å²) in [5, 5.41) is 0. The summed E-state index contributed by atoms with van der Waals surface area (Å²) in [6.45, 7) is 0. The molecule has 3 rings (SSSR count). The smallest absolute Gasteiger partial charge is 0.0711 e. The SMILES string of the molecule is C1=CC(C2=CC(C3=CCCC=C3)NN2)=CCC1. The van der Waals surface area contributed by atoms with Crippen LogP contribution in [0.1, 0.15) is 25.7 Å². The lowest BCUT2D eigenvalue weighted by Gasteiger charge is -2.12. The predicted molar refractivity (Wildman–Crippen MR) is 71.1 cm³/mol. The van der Waals surface area contributed by atoms with Crippen molar-refractivity contribution in [3.05, 3.63) is 59.4 Å². The second kappa shape index (κ2) is 4.76. The Morgan fingerprint density at radius 3 is 2.47 bits per heavy atom. The molecule has 2 heteroatoms. The quantitative estimate of drug-likeness (QED) is 0.756. The summed E-state index contributed by atoms with van der Waals surface area (Å²) < 4.78 is 0. The van der Waals surface area contributed by atoms with Crippen molar-refractivity contribution in [3.63, 3.8) is 0 Å². The Labute approximate surface area is 102 Å². The summed E-state index contributed by atoms with van der Waals surface area (Å²) in [4.78, 5) is 0. The first-order valence-corrected chi connectivity index (χ1v) is 6.40. The van der Waals surface area contributed by atoms with Crippen molar-refractivity contribution in [3.8, 4) is 0 Å². The Hall–Kier alpha value is -1.54. The largest absolute Gasteiger partial charge is 0.320 e. The van der Waals surface area contributed by atoms with Crippen LogP contribution in [-0.4, -0.2) is 6.04 Å². The van der Waals surface area contributed by atoms with Gasteiger partial charge < -0.3 is 5.43 Å². The molecular formula is C15H18N2. The van der Waals surface area contributed by atoms with Gasteiger partial charge in [-0.15, -0.1) is 0 Å². The highest BCUT2D eigenvalue weighted by molar-refractivity contribution is 5.45. The molecule has 1 aliphatic heterocycles. The highest BCUT2D eigenvalue weighted by Gasteiger charge is 2.19. The lowest BCUT2D eigenvalue weighted by molar-refractivity contribution is 0.628. The summed E-state index contributed by atoms with van der Waals surface area (Å²) >= 11 is 0. The maximum atomic E-state index is 3.34. The summed E-state index contributed by atoms with van der Waals surface area (Å²) in [6.07, 6.45) is 20.5. The Bertz CT molecular complexity index is 450. The second-order valence-corrected chi connectivity index (χ2v) is 4.65. The molecule has 2 N–H and O–H groups in total. The van der Waals surface area contributed by atoms with Gasteiger partial charge in [0.2, 0.25) is 0 Å². The topological polar surface area (TPSA) is 24.1 Å². The van der Waals surface area contributed by atoms with Crippen LogP contribution in [0.5, 0.6) is 0 Å². The van der Waals surface area contributed by atoms with Crippen LogP contribution in [0.15, 0.2) is 59.4 Å². The lowest BCUT2D eigenvalue weighted by atomic mass is 9.98. The molecular weight excluding hydrogens is 208 g/mol. The normalized spacial score (nSPS) is 27.3. The third kappa shape index (κ3) is 2.27. The van der Waals surface area contributed by atoms with E-state index in [1.165, 1.54) is 29.7 Å². The molecule has 17 heavy (non-hydrogen) atoms. The minimum Gasteiger partial charge on any atom is -0.320 e. The molecule has 0 aromatic heterocycles. The van der Waals surface area contributed by atoms with Crippen LogP contribution in [-0.2, 0) is 0 Å². The van der Waals surface area contributed by atoms with Crippen LogP contribution < -0.4 is 10.9 Å². The Balaban J connectivity index is 1.76. The molecule has 1 unspecified atom stereocenters. The van der Waals surface area contributed by atoms with Crippen LogP contribution in [0.4, 0.5) is 0 Å². The third-order valence-corrected chi connectivity index (χ3v) is 3.38. The van der Waals surface area contributed by atoms with Crippen LogP contribution in [0.25, 0.3) is 0 Å². The fourth-order valence-corrected chi connectivity index (χ4v) is 2.43. The lowest BCUT2D eigenvalue weighted by Crippen LogP contribution is -2.33. The van der Waals surface area contributed by atoms with Crippen LogP contribution in [0, 0.1) is 0 Å². The van der Waals surface area contributed by atoms with Gasteiger partial charge in [0.1, 0.15) is 0 Å². The molecule has 2 aliphatic carbocycles. The van der Waals surface area contributed by atoms with Gasteiger partial charge in [-0.05, 0) is 42.9 Å². The Morgan fingerprint density at radius 1 is 0.941 bits per heavy atom. The van der Waals surface area contributed by atoms with Gasteiger partial charge in [0.05, 0.1) is 11.7 Å². The van der Waals surface area contributed by atoms with E-state index in [-0.39, 0.29) is 0 Å². The molecule has 0 amide bonds. The van der Waals surface area contributed by atoms with Gasteiger partial charge in [-0.25, -0.2) is 5.43 Å². The number of hydrogen-bond donors (Lipinski definition) is 2. The van der Waals surface area contributed by atoms with Gasteiger partial charge in [0.25, 0.3) is 0 Å². The van der Waals surface area contributed by atoms with Crippen molar-refractivity contribution >= 4 is 0 Å². The number of nitrogens with one attached hydrogen (secondary N) is 2. The molecule has 0 fully saturated rings. The Morgan fingerprint density at radius 2 is 1.76 bits per heavy atom. The summed E-state index contributed by atoms with van der Waals surface area (Å²) in [7, 11) is 0. The van der Waals surface area contributed by atoms with E-state index in [0.29, 0.717) is 6.04 Å². The highest BCUT2D eigenvalue weighted by atomic mass is 15.4. The molecule has 0 saturated heterocycles. The molecule has 0 spiro atoms. The van der Waals surface area contributed by atoms with Crippen molar-refractivity contribution in [2.24, 2.45) is 0 Å². The molecule has 3 aliphatic rings. The van der Waals surface area contributed by atoms with Crippen molar-refractivity contribution < 1.29 is 0 Å². The van der Waals surface area contributed by atoms with Gasteiger partial charge in [-0.1, -0.05) is 36.5 Å². The summed E-state index contributed by atoms with van der Waals surface area (Å²) in [6, 6.07) is 0.317. The average Bonchev–Trinajstić information content (AvgIpc) is 2.90. The van der Waals surface area contributed by atoms with E-state index in [9.17, 15) is 0 Å². The van der Waals surface area contributed by atoms with Crippen molar-refractivity contribution in [2.75, 3.05) is 0 Å². The van der Waals surface area contributed by atoms with Gasteiger partial charge in [0, 0.05) is 0 Å². The van der Waals surface area contributed by atoms with Gasteiger partial charge in [0.15, 0.2) is 0 Å². The molecule has 0 radical (unpaired) electrons. The molecule has 0 saturated carbocycles. The minimum absolute atomic E-state index is 0.317. The van der Waals surface area contributed by atoms with Gasteiger partial charge in [-0.2, -0.15) is 0 Å². The predicted octanol–water partition coefficient (Wildman–Crippen LogP) is 2.90. The van der Waals surface area contributed by atoms with E-state index in [2.05, 4.69) is 53.4 Å². The number of hydrazine groups is 1. The standard InChI is InChI=1S/C15H18N2/c1-3-7-12(8-4-1)14-11-15(17-16-14)13-9-5-2-6-10-13/h3,5,7-11,14,16-17H,1-2,4,6H2. The van der Waals surface area contributed by atoms with Gasteiger partial charge >= 0.3 is 0 Å². The molecule has 2 nitrogen and oxygen atoms in total. The third-order valence-electron chi connectivity index (χ3n) is 3.38. The summed E-state index contributed by atoms with van der Waals surface area (Å²) in [5.74, 6) is 0. The molecule has 0 aromatic rings. The van der Waals surface area contributed by atoms with E-state index >= 15 is 0 Å². The van der Waals surface area contributed by atoms with Crippen molar-refractivity contribution in [2.45, 2.75) is 31.7 Å². The molecule has 1 atom stereocenters. The fourth-order valence-electron chi connectivity index (χ4n) is 2.43. The molecule has 1 heterocycles. The van der Waals surface area contributed by atoms with E-state index in [0.717, 1.165) is 12.8 Å². The van der Waals surface area contributed by atoms with E-state index in [4.69, 9.17) is 0 Å². The van der Waals surface area contributed by atoms with Crippen LogP contribution >= 0.6 is 0 Å². The van der Waals surface area contributed by atoms with E-state index in [1.54, 1.807) is 0 Å². The van der Waals surface area contributed by atoms with Crippen LogP contribution in [0.3, 0.4) is 0 Å². The first-order chi connectivity index (χ1) is 8.43. The monoisotopic (exact) mass is 226 g/mol. The number of allylic oxidation sites excluding steroid dienone is 5. The highest BCUT2D eigenvalue weighted by Crippen LogP contribution is 2.22. The Kier molecular flexibility index (Phi) is 2.97. The molecule has 0 bridgehead atoms. The first kappa shape index (κ1) is 10.6. The van der Waals surface area contributed by atoms with Crippen molar-refractivity contribution in [1.82, 2.24) is 10.9 Å².